The van der Waals surface area contributed by atoms with Crippen LogP contribution >= 0.6 is 15.9 Å². The molecule has 17 heavy (non-hydrogen) atoms. The number of hydrogen-bond donors (Lipinski definition) is 0. The average molecular weight is 304 g/mol. The van der Waals surface area contributed by atoms with Crippen LogP contribution in [-0.4, -0.2) is 29.9 Å². The normalized spacial score (nSPS) is 27.4. The molecule has 102 valence electrons. The Kier molecular flexibility index (Phi) is 7.77. The summed E-state index contributed by atoms with van der Waals surface area (Å²) in [5.74, 6) is 1.86. The maximum Gasteiger partial charge on any atom is 0.00925 e. The number of halogens is 1. The first-order chi connectivity index (χ1) is 8.21. The lowest BCUT2D eigenvalue weighted by Crippen LogP contribution is -2.38. The molecule has 1 saturated carbocycles. The van der Waals surface area contributed by atoms with Crippen LogP contribution in [0.4, 0.5) is 0 Å². The molecule has 0 heterocycles. The Morgan fingerprint density at radius 2 is 1.82 bits per heavy atom. The van der Waals surface area contributed by atoms with Gasteiger partial charge in [-0.15, -0.1) is 0 Å². The monoisotopic (exact) mass is 303 g/mol. The summed E-state index contributed by atoms with van der Waals surface area (Å²) in [6, 6.07) is 0.858. The molecule has 0 N–H and O–H groups in total. The Bertz CT molecular complexity index is 187. The first kappa shape index (κ1) is 15.5. The van der Waals surface area contributed by atoms with Gasteiger partial charge < -0.3 is 4.90 Å². The minimum absolute atomic E-state index is 0.842. The van der Waals surface area contributed by atoms with Gasteiger partial charge in [0.1, 0.15) is 0 Å². The van der Waals surface area contributed by atoms with E-state index in [1.165, 1.54) is 51.5 Å². The molecular weight excluding hydrogens is 274 g/mol. The van der Waals surface area contributed by atoms with Gasteiger partial charge in [0.05, 0.1) is 0 Å². The first-order valence-corrected chi connectivity index (χ1v) is 8.59. The zero-order chi connectivity index (χ0) is 12.7. The quantitative estimate of drug-likeness (QED) is 0.616. The zero-order valence-electron chi connectivity index (χ0n) is 11.9. The maximum absolute atomic E-state index is 3.66. The second-order valence-corrected chi connectivity index (χ2v) is 6.48. The fourth-order valence-electron chi connectivity index (χ4n) is 3.18. The van der Waals surface area contributed by atoms with Crippen LogP contribution < -0.4 is 0 Å². The Hall–Kier alpha value is 0.440. The highest BCUT2D eigenvalue weighted by Crippen LogP contribution is 2.29. The van der Waals surface area contributed by atoms with Crippen molar-refractivity contribution < 1.29 is 0 Å². The summed E-state index contributed by atoms with van der Waals surface area (Å²) in [6.07, 6.45) is 9.83. The number of hydrogen-bond acceptors (Lipinski definition) is 1. The van der Waals surface area contributed by atoms with Crippen molar-refractivity contribution in [2.45, 2.75) is 64.8 Å². The molecule has 2 heteroatoms. The van der Waals surface area contributed by atoms with E-state index in [2.05, 4.69) is 41.7 Å². The van der Waals surface area contributed by atoms with Crippen molar-refractivity contribution in [1.29, 1.82) is 0 Å². The van der Waals surface area contributed by atoms with Crippen LogP contribution in [0.3, 0.4) is 0 Å². The first-order valence-electron chi connectivity index (χ1n) is 7.47. The van der Waals surface area contributed by atoms with Gasteiger partial charge in [-0.2, -0.15) is 0 Å². The predicted octanol–water partition coefficient (Wildman–Crippen LogP) is 4.70. The highest BCUT2D eigenvalue weighted by molar-refractivity contribution is 9.09. The zero-order valence-corrected chi connectivity index (χ0v) is 13.5. The van der Waals surface area contributed by atoms with Crippen molar-refractivity contribution in [2.75, 3.05) is 18.9 Å². The number of nitrogens with zero attached hydrogens (tertiary/aromatic N) is 1. The van der Waals surface area contributed by atoms with Gasteiger partial charge in [0.2, 0.25) is 0 Å². The van der Waals surface area contributed by atoms with Crippen molar-refractivity contribution >= 4 is 15.9 Å². The highest BCUT2D eigenvalue weighted by Gasteiger charge is 2.24. The molecule has 1 fully saturated rings. The minimum atomic E-state index is 0.842. The maximum atomic E-state index is 3.66. The van der Waals surface area contributed by atoms with Crippen LogP contribution in [0.15, 0.2) is 0 Å². The molecule has 0 amide bonds. The third-order valence-corrected chi connectivity index (χ3v) is 5.39. The van der Waals surface area contributed by atoms with Crippen molar-refractivity contribution in [3.8, 4) is 0 Å². The van der Waals surface area contributed by atoms with E-state index in [4.69, 9.17) is 0 Å². The van der Waals surface area contributed by atoms with Crippen LogP contribution in [-0.2, 0) is 0 Å². The van der Waals surface area contributed by atoms with Crippen molar-refractivity contribution in [2.24, 2.45) is 11.8 Å². The van der Waals surface area contributed by atoms with Crippen LogP contribution in [0.25, 0.3) is 0 Å². The fraction of sp³-hybridized carbons (Fsp3) is 1.00. The molecule has 1 unspecified atom stereocenters. The number of rotatable bonds is 7. The summed E-state index contributed by atoms with van der Waals surface area (Å²) < 4.78 is 0. The van der Waals surface area contributed by atoms with Crippen LogP contribution in [0.5, 0.6) is 0 Å². The number of alkyl halides is 1. The van der Waals surface area contributed by atoms with E-state index in [0.29, 0.717) is 0 Å². The second kappa shape index (κ2) is 8.53. The molecule has 1 aliphatic carbocycles. The molecule has 0 bridgehead atoms. The molecule has 0 radical (unpaired) electrons. The molecule has 0 aromatic carbocycles. The van der Waals surface area contributed by atoms with E-state index in [0.717, 1.165) is 23.2 Å². The summed E-state index contributed by atoms with van der Waals surface area (Å²) in [4.78, 5) is 2.63. The Balaban J connectivity index is 2.30. The topological polar surface area (TPSA) is 3.24 Å². The smallest absolute Gasteiger partial charge is 0.00925 e. The Labute approximate surface area is 116 Å². The van der Waals surface area contributed by atoms with Gasteiger partial charge in [-0.1, -0.05) is 42.6 Å². The molecule has 1 atom stereocenters. The molecule has 0 spiro atoms. The van der Waals surface area contributed by atoms with Crippen LogP contribution in [0.1, 0.15) is 58.8 Å². The van der Waals surface area contributed by atoms with Gasteiger partial charge in [-0.05, 0) is 51.0 Å². The average Bonchev–Trinajstić information content (AvgIpc) is 2.38. The van der Waals surface area contributed by atoms with E-state index in [1.807, 2.05) is 0 Å². The van der Waals surface area contributed by atoms with Crippen LogP contribution in [0, 0.1) is 11.8 Å². The van der Waals surface area contributed by atoms with Crippen LogP contribution in [0.2, 0.25) is 0 Å². The summed E-state index contributed by atoms with van der Waals surface area (Å²) >= 11 is 3.66. The van der Waals surface area contributed by atoms with Gasteiger partial charge in [0, 0.05) is 17.9 Å². The van der Waals surface area contributed by atoms with E-state index < -0.39 is 0 Å². The van der Waals surface area contributed by atoms with Crippen molar-refractivity contribution in [3.05, 3.63) is 0 Å². The second-order valence-electron chi connectivity index (χ2n) is 5.83. The van der Waals surface area contributed by atoms with E-state index in [9.17, 15) is 0 Å². The van der Waals surface area contributed by atoms with Gasteiger partial charge in [-0.3, -0.25) is 0 Å². The van der Waals surface area contributed by atoms with Gasteiger partial charge in [-0.25, -0.2) is 0 Å². The fourth-order valence-corrected chi connectivity index (χ4v) is 3.70. The minimum Gasteiger partial charge on any atom is -0.303 e. The molecular formula is C15H30BrN. The third kappa shape index (κ3) is 5.30. The van der Waals surface area contributed by atoms with Crippen molar-refractivity contribution in [3.63, 3.8) is 0 Å². The molecule has 0 aliphatic heterocycles. The van der Waals surface area contributed by atoms with E-state index in [-0.39, 0.29) is 0 Å². The molecule has 1 rings (SSSR count). The summed E-state index contributed by atoms with van der Waals surface area (Å²) in [5.41, 5.74) is 0. The third-order valence-electron chi connectivity index (χ3n) is 4.48. The van der Waals surface area contributed by atoms with E-state index >= 15 is 0 Å². The van der Waals surface area contributed by atoms with Crippen molar-refractivity contribution in [1.82, 2.24) is 4.90 Å². The summed E-state index contributed by atoms with van der Waals surface area (Å²) in [7, 11) is 2.34. The molecule has 0 aromatic heterocycles. The van der Waals surface area contributed by atoms with Gasteiger partial charge >= 0.3 is 0 Å². The Morgan fingerprint density at radius 3 is 2.29 bits per heavy atom. The Morgan fingerprint density at radius 1 is 1.18 bits per heavy atom. The largest absolute Gasteiger partial charge is 0.303 e. The van der Waals surface area contributed by atoms with Gasteiger partial charge in [0.25, 0.3) is 0 Å². The molecule has 1 nitrogen and oxygen atoms in total. The summed E-state index contributed by atoms with van der Waals surface area (Å²) in [6.45, 7) is 5.92. The molecule has 0 aromatic rings. The lowest BCUT2D eigenvalue weighted by molar-refractivity contribution is 0.146. The SMILES string of the molecule is CCCC(CBr)CN(C)C1CCC(CC)CC1. The highest BCUT2D eigenvalue weighted by atomic mass is 79.9. The lowest BCUT2D eigenvalue weighted by atomic mass is 9.84. The standard InChI is InChI=1S/C15H30BrN/c1-4-6-14(11-16)12-17(3)15-9-7-13(5-2)8-10-15/h13-15H,4-12H2,1-3H3. The molecule has 0 saturated heterocycles. The predicted molar refractivity (Wildman–Crippen MR) is 80.9 cm³/mol. The lowest BCUT2D eigenvalue weighted by Gasteiger charge is -2.36. The van der Waals surface area contributed by atoms with Gasteiger partial charge in [0.15, 0.2) is 0 Å². The summed E-state index contributed by atoms with van der Waals surface area (Å²) in [5, 5.41) is 1.16. The van der Waals surface area contributed by atoms with E-state index in [1.54, 1.807) is 0 Å². The molecule has 1 aliphatic rings.